The van der Waals surface area contributed by atoms with Gasteiger partial charge in [-0.15, -0.1) is 11.3 Å². The van der Waals surface area contributed by atoms with E-state index in [0.717, 1.165) is 41.2 Å². The van der Waals surface area contributed by atoms with Gasteiger partial charge in [0.15, 0.2) is 0 Å². The molecule has 1 aromatic rings. The minimum atomic E-state index is -0.154. The molecule has 4 heteroatoms. The number of rotatable bonds is 5. The van der Waals surface area contributed by atoms with E-state index in [1.54, 1.807) is 0 Å². The Morgan fingerprint density at radius 2 is 2.00 bits per heavy atom. The molecule has 19 heavy (non-hydrogen) atoms. The predicted octanol–water partition coefficient (Wildman–Crippen LogP) is 2.66. The van der Waals surface area contributed by atoms with E-state index in [1.807, 2.05) is 17.9 Å². The van der Waals surface area contributed by atoms with Crippen LogP contribution in [-0.2, 0) is 0 Å². The first kappa shape index (κ1) is 15.7. The maximum Gasteiger partial charge on any atom is 0.263 e. The van der Waals surface area contributed by atoms with Crippen molar-refractivity contribution in [3.8, 4) is 11.8 Å². The molecular formula is C15H21NO2S. The molecule has 3 nitrogen and oxygen atoms in total. The van der Waals surface area contributed by atoms with Gasteiger partial charge in [-0.05, 0) is 31.4 Å². The average molecular weight is 279 g/mol. The lowest BCUT2D eigenvalue weighted by molar-refractivity contribution is 0.0760. The summed E-state index contributed by atoms with van der Waals surface area (Å²) in [5, 5.41) is 8.72. The maximum absolute atomic E-state index is 12.4. The summed E-state index contributed by atoms with van der Waals surface area (Å²) in [6.07, 6.45) is 1.93. The predicted molar refractivity (Wildman–Crippen MR) is 79.5 cm³/mol. The van der Waals surface area contributed by atoms with E-state index in [4.69, 9.17) is 5.11 Å². The van der Waals surface area contributed by atoms with Crippen molar-refractivity contribution in [2.45, 2.75) is 33.6 Å². The number of thiophene rings is 1. The molecule has 0 atom stereocenters. The molecule has 0 radical (unpaired) electrons. The van der Waals surface area contributed by atoms with Gasteiger partial charge < -0.3 is 10.0 Å². The van der Waals surface area contributed by atoms with Gasteiger partial charge in [-0.1, -0.05) is 25.7 Å². The third kappa shape index (κ3) is 4.38. The van der Waals surface area contributed by atoms with Crippen molar-refractivity contribution < 1.29 is 9.90 Å². The minimum Gasteiger partial charge on any atom is -0.384 e. The Morgan fingerprint density at radius 1 is 1.37 bits per heavy atom. The second-order valence-corrected chi connectivity index (χ2v) is 5.43. The molecule has 0 aliphatic carbocycles. The Hall–Kier alpha value is -1.31. The van der Waals surface area contributed by atoms with Gasteiger partial charge in [-0.2, -0.15) is 0 Å². The van der Waals surface area contributed by atoms with Crippen molar-refractivity contribution in [2.24, 2.45) is 0 Å². The maximum atomic E-state index is 12.4. The summed E-state index contributed by atoms with van der Waals surface area (Å²) in [7, 11) is 0. The Labute approximate surface area is 119 Å². The zero-order valence-electron chi connectivity index (χ0n) is 11.8. The summed E-state index contributed by atoms with van der Waals surface area (Å²) in [4.78, 5) is 15.9. The normalized spacial score (nSPS) is 9.89. The summed E-state index contributed by atoms with van der Waals surface area (Å²) in [5.74, 6) is 5.61. The first-order valence-corrected chi connectivity index (χ1v) is 7.45. The van der Waals surface area contributed by atoms with Crippen LogP contribution in [0.3, 0.4) is 0 Å². The second-order valence-electron chi connectivity index (χ2n) is 4.37. The van der Waals surface area contributed by atoms with Gasteiger partial charge in [0.05, 0.1) is 9.75 Å². The summed E-state index contributed by atoms with van der Waals surface area (Å²) < 4.78 is 0. The van der Waals surface area contributed by atoms with Crippen LogP contribution in [0.4, 0.5) is 0 Å². The van der Waals surface area contributed by atoms with Crippen molar-refractivity contribution >= 4 is 17.2 Å². The van der Waals surface area contributed by atoms with Crippen LogP contribution in [0.5, 0.6) is 0 Å². The number of amides is 1. The number of hydrogen-bond donors (Lipinski definition) is 1. The van der Waals surface area contributed by atoms with Crippen LogP contribution >= 0.6 is 11.3 Å². The monoisotopic (exact) mass is 279 g/mol. The molecule has 0 aromatic carbocycles. The van der Waals surface area contributed by atoms with Crippen LogP contribution in [0.15, 0.2) is 6.07 Å². The summed E-state index contributed by atoms with van der Waals surface area (Å²) in [6, 6.07) is 1.90. The first-order valence-electron chi connectivity index (χ1n) is 6.63. The van der Waals surface area contributed by atoms with Crippen molar-refractivity contribution in [3.63, 3.8) is 0 Å². The number of carbonyl (C=O) groups is 1. The van der Waals surface area contributed by atoms with Crippen LogP contribution in [0.2, 0.25) is 0 Å². The highest BCUT2D eigenvalue weighted by Crippen LogP contribution is 2.22. The van der Waals surface area contributed by atoms with E-state index in [9.17, 15) is 4.79 Å². The Morgan fingerprint density at radius 3 is 2.53 bits per heavy atom. The van der Waals surface area contributed by atoms with E-state index >= 15 is 0 Å². The fourth-order valence-electron chi connectivity index (χ4n) is 1.84. The SMILES string of the molecule is CCCN(CCC)C(=O)c1cc(C)c(C#CCO)s1. The highest BCUT2D eigenvalue weighted by Gasteiger charge is 2.17. The summed E-state index contributed by atoms with van der Waals surface area (Å²) in [5.41, 5.74) is 1.00. The molecule has 1 amide bonds. The molecule has 0 saturated heterocycles. The standard InChI is InChI=1S/C15H21NO2S/c1-4-8-16(9-5-2)15(18)14-11-12(3)13(19-14)7-6-10-17/h11,17H,4-5,8-10H2,1-3H3. The highest BCUT2D eigenvalue weighted by molar-refractivity contribution is 7.14. The van der Waals surface area contributed by atoms with Gasteiger partial charge >= 0.3 is 0 Å². The molecule has 1 rings (SSSR count). The van der Waals surface area contributed by atoms with E-state index in [1.165, 1.54) is 11.3 Å². The third-order valence-electron chi connectivity index (χ3n) is 2.68. The lowest BCUT2D eigenvalue weighted by Gasteiger charge is -2.20. The Kier molecular flexibility index (Phi) is 6.61. The van der Waals surface area contributed by atoms with Crippen molar-refractivity contribution in [1.29, 1.82) is 0 Å². The summed E-state index contributed by atoms with van der Waals surface area (Å²) in [6.45, 7) is 7.53. The zero-order valence-corrected chi connectivity index (χ0v) is 12.6. The quantitative estimate of drug-likeness (QED) is 0.842. The van der Waals surface area contributed by atoms with Crippen molar-refractivity contribution in [2.75, 3.05) is 19.7 Å². The number of aliphatic hydroxyl groups excluding tert-OH is 1. The second kappa shape index (κ2) is 7.98. The molecule has 0 unspecified atom stereocenters. The molecule has 0 spiro atoms. The van der Waals surface area contributed by atoms with E-state index < -0.39 is 0 Å². The first-order chi connectivity index (χ1) is 9.13. The average Bonchev–Trinajstić information content (AvgIpc) is 2.76. The largest absolute Gasteiger partial charge is 0.384 e. The van der Waals surface area contributed by atoms with Gasteiger partial charge in [-0.25, -0.2) is 0 Å². The minimum absolute atomic E-state index is 0.0915. The van der Waals surface area contributed by atoms with E-state index in [-0.39, 0.29) is 12.5 Å². The number of aliphatic hydroxyl groups is 1. The van der Waals surface area contributed by atoms with Gasteiger partial charge in [0.25, 0.3) is 5.91 Å². The molecule has 0 bridgehead atoms. The van der Waals surface area contributed by atoms with E-state index in [2.05, 4.69) is 25.7 Å². The lowest BCUT2D eigenvalue weighted by atomic mass is 10.2. The molecule has 1 aromatic heterocycles. The van der Waals surface area contributed by atoms with Crippen LogP contribution in [0.1, 0.15) is 46.8 Å². The van der Waals surface area contributed by atoms with Crippen LogP contribution < -0.4 is 0 Å². The molecule has 0 aliphatic heterocycles. The fraction of sp³-hybridized carbons (Fsp3) is 0.533. The van der Waals surface area contributed by atoms with Gasteiger partial charge in [0, 0.05) is 13.1 Å². The molecule has 1 heterocycles. The lowest BCUT2D eigenvalue weighted by Crippen LogP contribution is -2.31. The van der Waals surface area contributed by atoms with Crippen LogP contribution in [0.25, 0.3) is 0 Å². The third-order valence-corrected chi connectivity index (χ3v) is 3.82. The fourth-order valence-corrected chi connectivity index (χ4v) is 2.86. The van der Waals surface area contributed by atoms with Crippen molar-refractivity contribution in [3.05, 3.63) is 21.4 Å². The highest BCUT2D eigenvalue weighted by atomic mass is 32.1. The van der Waals surface area contributed by atoms with E-state index in [0.29, 0.717) is 0 Å². The van der Waals surface area contributed by atoms with Crippen LogP contribution in [0, 0.1) is 18.8 Å². The van der Waals surface area contributed by atoms with Crippen molar-refractivity contribution in [1.82, 2.24) is 4.90 Å². The molecular weight excluding hydrogens is 258 g/mol. The van der Waals surface area contributed by atoms with Gasteiger partial charge in [0.1, 0.15) is 6.61 Å². The zero-order chi connectivity index (χ0) is 14.3. The Bertz CT molecular complexity index is 476. The topological polar surface area (TPSA) is 40.5 Å². The molecule has 0 fully saturated rings. The Balaban J connectivity index is 2.92. The number of aryl methyl sites for hydroxylation is 1. The summed E-state index contributed by atoms with van der Waals surface area (Å²) >= 11 is 1.41. The molecule has 104 valence electrons. The molecule has 1 N–H and O–H groups in total. The smallest absolute Gasteiger partial charge is 0.263 e. The number of nitrogens with zero attached hydrogens (tertiary/aromatic N) is 1. The molecule has 0 aliphatic rings. The van der Waals surface area contributed by atoms with Gasteiger partial charge in [-0.3, -0.25) is 4.79 Å². The van der Waals surface area contributed by atoms with Gasteiger partial charge in [0.2, 0.25) is 0 Å². The number of hydrogen-bond acceptors (Lipinski definition) is 3. The number of carbonyl (C=O) groups excluding carboxylic acids is 1. The molecule has 0 saturated carbocycles. The van der Waals surface area contributed by atoms with Crippen LogP contribution in [-0.4, -0.2) is 35.6 Å².